The van der Waals surface area contributed by atoms with Crippen molar-refractivity contribution in [2.45, 2.75) is 31.5 Å². The number of hydrogen-bond donors (Lipinski definition) is 2. The van der Waals surface area contributed by atoms with E-state index in [9.17, 15) is 18.0 Å². The van der Waals surface area contributed by atoms with Crippen molar-refractivity contribution < 1.29 is 22.4 Å². The van der Waals surface area contributed by atoms with Gasteiger partial charge in [-0.25, -0.2) is 9.97 Å². The number of halogens is 4. The first-order chi connectivity index (χ1) is 16.3. The standard InChI is InChI=1S/C23H19ClF3N5O2/c24-17-9-13(1-4-16(17)22(33)30-15-2-3-15)19-10-29-21-20(28-7-6-23(25,26)27)31-18(11-32(19)21)14-5-8-34-12-14/h1,4-5,8-12,15H,2-3,6-7H2,(H,28,31)(H,30,33). The summed E-state index contributed by atoms with van der Waals surface area (Å²) in [6.07, 6.45) is 2.91. The minimum Gasteiger partial charge on any atom is -0.472 e. The van der Waals surface area contributed by atoms with Crippen molar-refractivity contribution in [2.75, 3.05) is 11.9 Å². The smallest absolute Gasteiger partial charge is 0.390 e. The summed E-state index contributed by atoms with van der Waals surface area (Å²) in [6, 6.07) is 6.98. The Bertz CT molecular complexity index is 1350. The molecule has 0 bridgehead atoms. The number of carbonyl (C=O) groups excluding carboxylic acids is 1. The van der Waals surface area contributed by atoms with E-state index in [0.717, 1.165) is 12.8 Å². The Balaban J connectivity index is 1.52. The highest BCUT2D eigenvalue weighted by Gasteiger charge is 2.27. The fraction of sp³-hybridized carbons (Fsp3) is 0.261. The van der Waals surface area contributed by atoms with Crippen molar-refractivity contribution in [1.29, 1.82) is 0 Å². The van der Waals surface area contributed by atoms with Gasteiger partial charge in [0.25, 0.3) is 5.91 Å². The third-order valence-electron chi connectivity index (χ3n) is 5.43. The average molecular weight is 490 g/mol. The van der Waals surface area contributed by atoms with Gasteiger partial charge in [0.05, 0.1) is 47.1 Å². The number of imidazole rings is 1. The number of amides is 1. The van der Waals surface area contributed by atoms with Crippen LogP contribution in [0, 0.1) is 0 Å². The molecule has 7 nitrogen and oxygen atoms in total. The van der Waals surface area contributed by atoms with Crippen LogP contribution in [0.4, 0.5) is 19.0 Å². The number of aromatic nitrogens is 3. The van der Waals surface area contributed by atoms with Gasteiger partial charge >= 0.3 is 6.18 Å². The zero-order valence-electron chi connectivity index (χ0n) is 17.7. The van der Waals surface area contributed by atoms with Crippen LogP contribution < -0.4 is 10.6 Å². The van der Waals surface area contributed by atoms with Crippen LogP contribution in [-0.4, -0.2) is 39.0 Å². The number of rotatable bonds is 7. The minimum absolute atomic E-state index is 0.208. The number of hydrogen-bond acceptors (Lipinski definition) is 5. The van der Waals surface area contributed by atoms with E-state index in [1.165, 1.54) is 12.5 Å². The van der Waals surface area contributed by atoms with E-state index < -0.39 is 12.6 Å². The number of anilines is 1. The van der Waals surface area contributed by atoms with Gasteiger partial charge in [0, 0.05) is 29.9 Å². The summed E-state index contributed by atoms with van der Waals surface area (Å²) in [4.78, 5) is 21.2. The van der Waals surface area contributed by atoms with E-state index in [2.05, 4.69) is 20.6 Å². The highest BCUT2D eigenvalue weighted by atomic mass is 35.5. The maximum absolute atomic E-state index is 12.7. The molecule has 1 saturated carbocycles. The minimum atomic E-state index is -4.30. The molecule has 5 rings (SSSR count). The van der Waals surface area contributed by atoms with Crippen molar-refractivity contribution in [3.8, 4) is 22.5 Å². The van der Waals surface area contributed by atoms with E-state index in [0.29, 0.717) is 38.7 Å². The van der Waals surface area contributed by atoms with Crippen LogP contribution in [0.15, 0.2) is 53.6 Å². The SMILES string of the molecule is O=C(NC1CC1)c1ccc(-c2cnc3c(NCCC(F)(F)F)nc(-c4ccoc4)cn23)cc1Cl. The van der Waals surface area contributed by atoms with Gasteiger partial charge in [-0.2, -0.15) is 13.2 Å². The van der Waals surface area contributed by atoms with Crippen LogP contribution in [0.1, 0.15) is 29.6 Å². The third-order valence-corrected chi connectivity index (χ3v) is 5.74. The van der Waals surface area contributed by atoms with Crippen LogP contribution >= 0.6 is 11.6 Å². The summed E-state index contributed by atoms with van der Waals surface area (Å²) >= 11 is 6.42. The number of fused-ring (bicyclic) bond motifs is 1. The van der Waals surface area contributed by atoms with E-state index in [4.69, 9.17) is 16.0 Å². The lowest BCUT2D eigenvalue weighted by Crippen LogP contribution is -2.25. The summed E-state index contributed by atoms with van der Waals surface area (Å²) in [6.45, 7) is -0.347. The molecule has 1 amide bonds. The van der Waals surface area contributed by atoms with Gasteiger partial charge < -0.3 is 15.1 Å². The Kier molecular flexibility index (Phi) is 5.68. The molecule has 176 valence electrons. The van der Waals surface area contributed by atoms with Crippen LogP contribution in [-0.2, 0) is 0 Å². The molecule has 0 spiro atoms. The van der Waals surface area contributed by atoms with Crippen LogP contribution in [0.3, 0.4) is 0 Å². The molecule has 1 aromatic carbocycles. The summed E-state index contributed by atoms with van der Waals surface area (Å²) < 4.78 is 44.9. The van der Waals surface area contributed by atoms with E-state index >= 15 is 0 Å². The quantitative estimate of drug-likeness (QED) is 0.355. The number of nitrogens with zero attached hydrogens (tertiary/aromatic N) is 3. The summed E-state index contributed by atoms with van der Waals surface area (Å²) in [5.41, 5.74) is 3.20. The molecule has 1 aliphatic rings. The summed E-state index contributed by atoms with van der Waals surface area (Å²) in [7, 11) is 0. The predicted octanol–water partition coefficient (Wildman–Crippen LogP) is 5.57. The molecule has 3 aromatic heterocycles. The first-order valence-electron chi connectivity index (χ1n) is 10.6. The van der Waals surface area contributed by atoms with Gasteiger partial charge in [0.15, 0.2) is 11.5 Å². The first kappa shape index (κ1) is 22.3. The molecule has 0 radical (unpaired) electrons. The lowest BCUT2D eigenvalue weighted by atomic mass is 10.1. The second-order valence-electron chi connectivity index (χ2n) is 8.06. The van der Waals surface area contributed by atoms with Crippen LogP contribution in [0.2, 0.25) is 5.02 Å². The largest absolute Gasteiger partial charge is 0.472 e. The van der Waals surface area contributed by atoms with E-state index in [-0.39, 0.29) is 24.3 Å². The van der Waals surface area contributed by atoms with Gasteiger partial charge in [0.1, 0.15) is 0 Å². The first-order valence-corrected chi connectivity index (χ1v) is 11.0. The molecule has 3 heterocycles. The van der Waals surface area contributed by atoms with Crippen LogP contribution in [0.25, 0.3) is 28.2 Å². The van der Waals surface area contributed by atoms with Crippen LogP contribution in [0.5, 0.6) is 0 Å². The second-order valence-corrected chi connectivity index (χ2v) is 8.47. The van der Waals surface area contributed by atoms with E-state index in [1.807, 2.05) is 0 Å². The molecular formula is C23H19ClF3N5O2. The molecule has 0 aliphatic heterocycles. The number of carbonyl (C=O) groups is 1. The van der Waals surface area contributed by atoms with Gasteiger partial charge in [-0.1, -0.05) is 17.7 Å². The third kappa shape index (κ3) is 4.72. The number of furan rings is 1. The van der Waals surface area contributed by atoms with Gasteiger partial charge in [-0.05, 0) is 31.0 Å². The molecule has 0 atom stereocenters. The average Bonchev–Trinajstić information content (AvgIpc) is 3.24. The Morgan fingerprint density at radius 3 is 2.74 bits per heavy atom. The molecule has 34 heavy (non-hydrogen) atoms. The Morgan fingerprint density at radius 2 is 2.06 bits per heavy atom. The molecule has 4 aromatic rings. The fourth-order valence-corrected chi connectivity index (χ4v) is 3.81. The topological polar surface area (TPSA) is 84.5 Å². The highest BCUT2D eigenvalue weighted by molar-refractivity contribution is 6.34. The molecule has 11 heteroatoms. The van der Waals surface area contributed by atoms with Crippen molar-refractivity contribution in [3.63, 3.8) is 0 Å². The Morgan fingerprint density at radius 1 is 1.24 bits per heavy atom. The molecule has 2 N–H and O–H groups in total. The second kappa shape index (κ2) is 8.68. The van der Waals surface area contributed by atoms with E-state index in [1.54, 1.807) is 41.1 Å². The maximum atomic E-state index is 12.7. The lowest BCUT2D eigenvalue weighted by Gasteiger charge is -2.12. The zero-order valence-corrected chi connectivity index (χ0v) is 18.5. The zero-order chi connectivity index (χ0) is 23.9. The number of alkyl halides is 3. The van der Waals surface area contributed by atoms with Gasteiger partial charge in [-0.3, -0.25) is 9.20 Å². The molecule has 1 fully saturated rings. The lowest BCUT2D eigenvalue weighted by molar-refractivity contribution is -0.131. The Labute approximate surface area is 197 Å². The summed E-state index contributed by atoms with van der Waals surface area (Å²) in [5, 5.41) is 5.95. The molecule has 1 aliphatic carbocycles. The van der Waals surface area contributed by atoms with Crippen molar-refractivity contribution in [2.24, 2.45) is 0 Å². The maximum Gasteiger partial charge on any atom is 0.390 e. The predicted molar refractivity (Wildman–Crippen MR) is 121 cm³/mol. The van der Waals surface area contributed by atoms with Crippen molar-refractivity contribution >= 4 is 29.0 Å². The van der Waals surface area contributed by atoms with Crippen molar-refractivity contribution in [3.05, 3.63) is 59.8 Å². The van der Waals surface area contributed by atoms with Gasteiger partial charge in [-0.15, -0.1) is 0 Å². The molecular weight excluding hydrogens is 471 g/mol. The van der Waals surface area contributed by atoms with Gasteiger partial charge in [0.2, 0.25) is 0 Å². The fourth-order valence-electron chi connectivity index (χ4n) is 3.54. The monoisotopic (exact) mass is 489 g/mol. The number of nitrogens with one attached hydrogen (secondary N) is 2. The number of benzene rings is 1. The Hall–Kier alpha value is -3.53. The highest BCUT2D eigenvalue weighted by Crippen LogP contribution is 2.31. The van der Waals surface area contributed by atoms with Crippen molar-refractivity contribution in [1.82, 2.24) is 19.7 Å². The molecule has 0 saturated heterocycles. The molecule has 0 unspecified atom stereocenters. The normalized spacial score (nSPS) is 13.9. The summed E-state index contributed by atoms with van der Waals surface area (Å²) in [5.74, 6) is -0.0134.